The number of nitrogens with zero attached hydrogens (tertiary/aromatic N) is 2. The standard InChI is InChI=1S/C22H30N4O2/c1-28-19-8-3-2-7-18(19)21(9-4-5-10-21)17-24-20(27)22(11-14-23-15-12-22)26-16-6-13-25-26/h2-3,6-8,13,16,23H,4-5,9-12,14-15,17H2,1H3,(H,24,27). The van der Waals surface area contributed by atoms with Crippen LogP contribution >= 0.6 is 0 Å². The third-order valence-electron chi connectivity index (χ3n) is 6.62. The van der Waals surface area contributed by atoms with Crippen LogP contribution in [0.4, 0.5) is 0 Å². The van der Waals surface area contributed by atoms with Crippen molar-refractivity contribution >= 4 is 5.91 Å². The van der Waals surface area contributed by atoms with Crippen molar-refractivity contribution in [3.63, 3.8) is 0 Å². The number of para-hydroxylation sites is 1. The number of benzene rings is 1. The summed E-state index contributed by atoms with van der Waals surface area (Å²) in [4.78, 5) is 13.5. The predicted octanol–water partition coefficient (Wildman–Crippen LogP) is 2.60. The van der Waals surface area contributed by atoms with E-state index in [1.807, 2.05) is 29.1 Å². The van der Waals surface area contributed by atoms with Crippen LogP contribution in [0.2, 0.25) is 0 Å². The van der Waals surface area contributed by atoms with E-state index in [-0.39, 0.29) is 11.3 Å². The van der Waals surface area contributed by atoms with Gasteiger partial charge in [-0.3, -0.25) is 9.48 Å². The smallest absolute Gasteiger partial charge is 0.248 e. The molecule has 6 heteroatoms. The van der Waals surface area contributed by atoms with Crippen LogP contribution in [0.1, 0.15) is 44.1 Å². The maximum Gasteiger partial charge on any atom is 0.248 e. The van der Waals surface area contributed by atoms with Gasteiger partial charge in [-0.05, 0) is 50.9 Å². The summed E-state index contributed by atoms with van der Waals surface area (Å²) in [5.41, 5.74) is 0.559. The van der Waals surface area contributed by atoms with E-state index in [0.717, 1.165) is 44.5 Å². The Bertz CT molecular complexity index is 791. The van der Waals surface area contributed by atoms with Crippen molar-refractivity contribution in [3.05, 3.63) is 48.3 Å². The number of hydrogen-bond acceptors (Lipinski definition) is 4. The molecule has 1 aromatic carbocycles. The number of piperidine rings is 1. The van der Waals surface area contributed by atoms with Crippen molar-refractivity contribution in [1.82, 2.24) is 20.4 Å². The van der Waals surface area contributed by atoms with Crippen LogP contribution in [-0.2, 0) is 15.7 Å². The lowest BCUT2D eigenvalue weighted by atomic mass is 9.77. The van der Waals surface area contributed by atoms with Crippen LogP contribution in [0.5, 0.6) is 5.75 Å². The zero-order valence-electron chi connectivity index (χ0n) is 16.6. The van der Waals surface area contributed by atoms with E-state index in [1.54, 1.807) is 13.3 Å². The second-order valence-electron chi connectivity index (χ2n) is 8.10. The van der Waals surface area contributed by atoms with Gasteiger partial charge in [0.15, 0.2) is 0 Å². The Morgan fingerprint density at radius 2 is 1.93 bits per heavy atom. The minimum absolute atomic E-state index is 0.0551. The Balaban J connectivity index is 1.58. The van der Waals surface area contributed by atoms with Gasteiger partial charge < -0.3 is 15.4 Å². The van der Waals surface area contributed by atoms with Crippen molar-refractivity contribution in [1.29, 1.82) is 0 Å². The molecule has 2 fully saturated rings. The van der Waals surface area contributed by atoms with Gasteiger partial charge in [0, 0.05) is 29.9 Å². The van der Waals surface area contributed by atoms with E-state index in [9.17, 15) is 4.79 Å². The van der Waals surface area contributed by atoms with Gasteiger partial charge >= 0.3 is 0 Å². The first-order valence-corrected chi connectivity index (χ1v) is 10.3. The summed E-state index contributed by atoms with van der Waals surface area (Å²) in [7, 11) is 1.72. The van der Waals surface area contributed by atoms with Crippen LogP contribution < -0.4 is 15.4 Å². The van der Waals surface area contributed by atoms with Gasteiger partial charge in [-0.25, -0.2) is 0 Å². The van der Waals surface area contributed by atoms with Gasteiger partial charge in [-0.2, -0.15) is 5.10 Å². The maximum absolute atomic E-state index is 13.5. The summed E-state index contributed by atoms with van der Waals surface area (Å²) < 4.78 is 7.50. The van der Waals surface area contributed by atoms with Gasteiger partial charge in [0.2, 0.25) is 5.91 Å². The largest absolute Gasteiger partial charge is 0.496 e. The maximum atomic E-state index is 13.5. The quantitative estimate of drug-likeness (QED) is 0.806. The van der Waals surface area contributed by atoms with Crippen LogP contribution in [0.15, 0.2) is 42.7 Å². The number of ether oxygens (including phenoxy) is 1. The fourth-order valence-electron chi connectivity index (χ4n) is 5.01. The Morgan fingerprint density at radius 1 is 1.18 bits per heavy atom. The van der Waals surface area contributed by atoms with Crippen LogP contribution in [0.25, 0.3) is 0 Å². The molecule has 150 valence electrons. The van der Waals surface area contributed by atoms with Gasteiger partial charge in [-0.15, -0.1) is 0 Å². The number of rotatable bonds is 6. The van der Waals surface area contributed by atoms with E-state index in [2.05, 4.69) is 27.9 Å². The zero-order valence-corrected chi connectivity index (χ0v) is 16.6. The Morgan fingerprint density at radius 3 is 2.61 bits per heavy atom. The first kappa shape index (κ1) is 19.0. The van der Waals surface area contributed by atoms with Crippen LogP contribution in [0, 0.1) is 0 Å². The lowest BCUT2D eigenvalue weighted by molar-refractivity contribution is -0.132. The third kappa shape index (κ3) is 3.30. The summed E-state index contributed by atoms with van der Waals surface area (Å²) in [6.45, 7) is 2.29. The van der Waals surface area contributed by atoms with Gasteiger partial charge in [0.05, 0.1) is 7.11 Å². The highest BCUT2D eigenvalue weighted by Gasteiger charge is 2.44. The SMILES string of the molecule is COc1ccccc1C1(CNC(=O)C2(n3cccn3)CCNCC2)CCCC1. The molecule has 1 saturated heterocycles. The van der Waals surface area contributed by atoms with E-state index in [1.165, 1.54) is 18.4 Å². The molecule has 0 atom stereocenters. The molecule has 28 heavy (non-hydrogen) atoms. The molecule has 1 aliphatic carbocycles. The molecule has 1 saturated carbocycles. The minimum atomic E-state index is -0.602. The minimum Gasteiger partial charge on any atom is -0.496 e. The number of carbonyl (C=O) groups is 1. The van der Waals surface area contributed by atoms with Crippen molar-refractivity contribution in [3.8, 4) is 5.75 Å². The average molecular weight is 383 g/mol. The molecule has 2 heterocycles. The molecule has 2 N–H and O–H groups in total. The van der Waals surface area contributed by atoms with Crippen LogP contribution in [-0.4, -0.2) is 42.4 Å². The fraction of sp³-hybridized carbons (Fsp3) is 0.545. The highest BCUT2D eigenvalue weighted by molar-refractivity contribution is 5.84. The molecule has 1 aromatic heterocycles. The number of aromatic nitrogens is 2. The number of nitrogens with one attached hydrogen (secondary N) is 2. The molecule has 0 bridgehead atoms. The summed E-state index contributed by atoms with van der Waals surface area (Å²) in [6, 6.07) is 10.1. The molecule has 2 aromatic rings. The normalized spacial score (nSPS) is 20.6. The van der Waals surface area contributed by atoms with E-state index in [4.69, 9.17) is 4.74 Å². The highest BCUT2D eigenvalue weighted by Crippen LogP contribution is 2.44. The molecule has 4 rings (SSSR count). The first-order chi connectivity index (χ1) is 13.7. The third-order valence-corrected chi connectivity index (χ3v) is 6.62. The Hall–Kier alpha value is -2.34. The zero-order chi connectivity index (χ0) is 19.5. The van der Waals surface area contributed by atoms with E-state index < -0.39 is 5.54 Å². The van der Waals surface area contributed by atoms with Crippen molar-refractivity contribution < 1.29 is 9.53 Å². The number of amides is 1. The van der Waals surface area contributed by atoms with Gasteiger partial charge in [-0.1, -0.05) is 31.0 Å². The summed E-state index contributed by atoms with van der Waals surface area (Å²) >= 11 is 0. The van der Waals surface area contributed by atoms with Crippen molar-refractivity contribution in [2.75, 3.05) is 26.7 Å². The summed E-state index contributed by atoms with van der Waals surface area (Å²) in [5, 5.41) is 11.1. The second kappa shape index (κ2) is 7.95. The van der Waals surface area contributed by atoms with Gasteiger partial charge in [0.25, 0.3) is 0 Å². The molecular formula is C22H30N4O2. The molecule has 1 amide bonds. The van der Waals surface area contributed by atoms with Crippen LogP contribution in [0.3, 0.4) is 0 Å². The van der Waals surface area contributed by atoms with Crippen molar-refractivity contribution in [2.45, 2.75) is 49.5 Å². The molecule has 0 unspecified atom stereocenters. The fourth-order valence-corrected chi connectivity index (χ4v) is 5.01. The molecule has 1 aliphatic heterocycles. The van der Waals surface area contributed by atoms with Crippen molar-refractivity contribution in [2.24, 2.45) is 0 Å². The molecule has 0 spiro atoms. The highest BCUT2D eigenvalue weighted by atomic mass is 16.5. The lowest BCUT2D eigenvalue weighted by Crippen LogP contribution is -2.56. The molecule has 2 aliphatic rings. The Kier molecular flexibility index (Phi) is 5.40. The predicted molar refractivity (Wildman–Crippen MR) is 108 cm³/mol. The number of carbonyl (C=O) groups excluding carboxylic acids is 1. The topological polar surface area (TPSA) is 68.2 Å². The second-order valence-corrected chi connectivity index (χ2v) is 8.10. The number of hydrogen-bond donors (Lipinski definition) is 2. The molecule has 6 nitrogen and oxygen atoms in total. The van der Waals surface area contributed by atoms with E-state index in [0.29, 0.717) is 6.54 Å². The lowest BCUT2D eigenvalue weighted by Gasteiger charge is -2.38. The van der Waals surface area contributed by atoms with Gasteiger partial charge in [0.1, 0.15) is 11.3 Å². The number of methoxy groups -OCH3 is 1. The summed E-state index contributed by atoms with van der Waals surface area (Å²) in [5.74, 6) is 1.00. The van der Waals surface area contributed by atoms with E-state index >= 15 is 0 Å². The first-order valence-electron chi connectivity index (χ1n) is 10.3. The molecule has 0 radical (unpaired) electrons. The Labute approximate surface area is 166 Å². The average Bonchev–Trinajstić information content (AvgIpc) is 3.45. The summed E-state index contributed by atoms with van der Waals surface area (Å²) in [6.07, 6.45) is 9.68. The molecular weight excluding hydrogens is 352 g/mol. The monoisotopic (exact) mass is 382 g/mol.